The molecule has 2 atom stereocenters. The van der Waals surface area contributed by atoms with Gasteiger partial charge in [0, 0.05) is 12.1 Å². The third kappa shape index (κ3) is 1.94. The SMILES string of the molecule is CC(C)N1C(C)CCCC1N. The Morgan fingerprint density at radius 2 is 2.00 bits per heavy atom. The first kappa shape index (κ1) is 9.01. The Labute approximate surface area is 69.8 Å². The molecule has 11 heavy (non-hydrogen) atoms. The van der Waals surface area contributed by atoms with Gasteiger partial charge in [0.15, 0.2) is 0 Å². The predicted octanol–water partition coefficient (Wildman–Crippen LogP) is 1.55. The van der Waals surface area contributed by atoms with E-state index >= 15 is 0 Å². The summed E-state index contributed by atoms with van der Waals surface area (Å²) in [6, 6.07) is 1.28. The molecule has 1 fully saturated rings. The first-order chi connectivity index (χ1) is 5.13. The van der Waals surface area contributed by atoms with Gasteiger partial charge in [0.25, 0.3) is 0 Å². The van der Waals surface area contributed by atoms with Gasteiger partial charge in [-0.3, -0.25) is 4.90 Å². The van der Waals surface area contributed by atoms with E-state index in [0.29, 0.717) is 18.2 Å². The van der Waals surface area contributed by atoms with Gasteiger partial charge in [-0.1, -0.05) is 0 Å². The maximum atomic E-state index is 6.00. The summed E-state index contributed by atoms with van der Waals surface area (Å²) >= 11 is 0. The van der Waals surface area contributed by atoms with Crippen LogP contribution >= 0.6 is 0 Å². The lowest BCUT2D eigenvalue weighted by Gasteiger charge is -2.41. The Hall–Kier alpha value is -0.0800. The van der Waals surface area contributed by atoms with Gasteiger partial charge in [-0.2, -0.15) is 0 Å². The summed E-state index contributed by atoms with van der Waals surface area (Å²) in [4.78, 5) is 2.42. The van der Waals surface area contributed by atoms with Crippen LogP contribution < -0.4 is 5.73 Å². The van der Waals surface area contributed by atoms with Crippen LogP contribution in [0, 0.1) is 0 Å². The van der Waals surface area contributed by atoms with Crippen LogP contribution in [0.2, 0.25) is 0 Å². The summed E-state index contributed by atoms with van der Waals surface area (Å²) in [5.74, 6) is 0. The second-order valence-corrected chi connectivity index (χ2v) is 3.89. The zero-order valence-electron chi connectivity index (χ0n) is 7.88. The molecule has 0 radical (unpaired) electrons. The molecule has 0 bridgehead atoms. The number of nitrogens with zero attached hydrogens (tertiary/aromatic N) is 1. The van der Waals surface area contributed by atoms with Gasteiger partial charge in [0.05, 0.1) is 6.17 Å². The maximum Gasteiger partial charge on any atom is 0.0576 e. The van der Waals surface area contributed by atoms with Crippen molar-refractivity contribution in [3.05, 3.63) is 0 Å². The van der Waals surface area contributed by atoms with Gasteiger partial charge in [-0.25, -0.2) is 0 Å². The lowest BCUT2D eigenvalue weighted by molar-refractivity contribution is 0.0641. The molecule has 66 valence electrons. The summed E-state index contributed by atoms with van der Waals surface area (Å²) in [6.07, 6.45) is 4.08. The van der Waals surface area contributed by atoms with Crippen molar-refractivity contribution in [1.29, 1.82) is 0 Å². The third-order valence-electron chi connectivity index (χ3n) is 2.61. The molecule has 0 aromatic rings. The number of likely N-dealkylation sites (tertiary alicyclic amines) is 1. The minimum Gasteiger partial charge on any atom is -0.316 e. The van der Waals surface area contributed by atoms with E-state index in [1.165, 1.54) is 19.3 Å². The second kappa shape index (κ2) is 3.55. The molecule has 1 heterocycles. The first-order valence-electron chi connectivity index (χ1n) is 4.66. The highest BCUT2D eigenvalue weighted by Crippen LogP contribution is 2.21. The molecule has 2 N–H and O–H groups in total. The van der Waals surface area contributed by atoms with Crippen molar-refractivity contribution in [2.45, 2.75) is 58.3 Å². The average molecular weight is 156 g/mol. The van der Waals surface area contributed by atoms with Gasteiger partial charge in [-0.05, 0) is 40.0 Å². The Morgan fingerprint density at radius 3 is 2.36 bits per heavy atom. The maximum absolute atomic E-state index is 6.00. The molecular formula is C9H20N2. The zero-order valence-corrected chi connectivity index (χ0v) is 7.88. The Morgan fingerprint density at radius 1 is 1.36 bits per heavy atom. The number of hydrogen-bond donors (Lipinski definition) is 1. The molecule has 2 unspecified atom stereocenters. The van der Waals surface area contributed by atoms with E-state index in [1.807, 2.05) is 0 Å². The van der Waals surface area contributed by atoms with E-state index in [9.17, 15) is 0 Å². The fourth-order valence-electron chi connectivity index (χ4n) is 2.14. The highest BCUT2D eigenvalue weighted by atomic mass is 15.3. The highest BCUT2D eigenvalue weighted by Gasteiger charge is 2.26. The normalized spacial score (nSPS) is 34.6. The summed E-state index contributed by atoms with van der Waals surface area (Å²) in [5.41, 5.74) is 6.00. The number of rotatable bonds is 1. The molecule has 0 aromatic heterocycles. The molecule has 1 rings (SSSR count). The Balaban J connectivity index is 2.55. The molecule has 0 aromatic carbocycles. The third-order valence-corrected chi connectivity index (χ3v) is 2.61. The molecule has 0 aliphatic carbocycles. The standard InChI is InChI=1S/C9H20N2/c1-7(2)11-8(3)5-4-6-9(11)10/h7-9H,4-6,10H2,1-3H3. The first-order valence-corrected chi connectivity index (χ1v) is 4.66. The number of piperidine rings is 1. The van der Waals surface area contributed by atoms with Crippen LogP contribution in [0.5, 0.6) is 0 Å². The molecule has 0 spiro atoms. The van der Waals surface area contributed by atoms with Crippen LogP contribution in [-0.2, 0) is 0 Å². The lowest BCUT2D eigenvalue weighted by Crippen LogP contribution is -2.53. The molecule has 0 amide bonds. The van der Waals surface area contributed by atoms with Crippen molar-refractivity contribution in [2.24, 2.45) is 5.73 Å². The summed E-state index contributed by atoms with van der Waals surface area (Å²) in [6.45, 7) is 6.72. The zero-order chi connectivity index (χ0) is 8.43. The molecule has 1 aliphatic rings. The van der Waals surface area contributed by atoms with Crippen molar-refractivity contribution in [1.82, 2.24) is 4.90 Å². The van der Waals surface area contributed by atoms with Gasteiger partial charge in [0.1, 0.15) is 0 Å². The van der Waals surface area contributed by atoms with Crippen LogP contribution in [-0.4, -0.2) is 23.1 Å². The van der Waals surface area contributed by atoms with E-state index in [4.69, 9.17) is 5.73 Å². The average Bonchev–Trinajstić information content (AvgIpc) is 1.85. The van der Waals surface area contributed by atoms with Crippen LogP contribution in [0.25, 0.3) is 0 Å². The van der Waals surface area contributed by atoms with Crippen LogP contribution in [0.4, 0.5) is 0 Å². The van der Waals surface area contributed by atoms with Crippen molar-refractivity contribution >= 4 is 0 Å². The summed E-state index contributed by atoms with van der Waals surface area (Å²) in [7, 11) is 0. The van der Waals surface area contributed by atoms with E-state index in [1.54, 1.807) is 0 Å². The number of hydrogen-bond acceptors (Lipinski definition) is 2. The van der Waals surface area contributed by atoms with Crippen molar-refractivity contribution < 1.29 is 0 Å². The fourth-order valence-corrected chi connectivity index (χ4v) is 2.14. The topological polar surface area (TPSA) is 29.3 Å². The predicted molar refractivity (Wildman–Crippen MR) is 48.3 cm³/mol. The van der Waals surface area contributed by atoms with Crippen LogP contribution in [0.15, 0.2) is 0 Å². The summed E-state index contributed by atoms with van der Waals surface area (Å²) < 4.78 is 0. The summed E-state index contributed by atoms with van der Waals surface area (Å²) in [5, 5.41) is 0. The van der Waals surface area contributed by atoms with E-state index in [-0.39, 0.29) is 0 Å². The molecule has 2 heteroatoms. The lowest BCUT2D eigenvalue weighted by atomic mass is 9.99. The van der Waals surface area contributed by atoms with Gasteiger partial charge >= 0.3 is 0 Å². The van der Waals surface area contributed by atoms with Gasteiger partial charge < -0.3 is 5.73 Å². The van der Waals surface area contributed by atoms with Crippen molar-refractivity contribution in [3.63, 3.8) is 0 Å². The number of nitrogens with two attached hydrogens (primary N) is 1. The van der Waals surface area contributed by atoms with E-state index in [0.717, 1.165) is 0 Å². The molecular weight excluding hydrogens is 136 g/mol. The molecule has 1 saturated heterocycles. The van der Waals surface area contributed by atoms with Gasteiger partial charge in [-0.15, -0.1) is 0 Å². The van der Waals surface area contributed by atoms with Crippen molar-refractivity contribution in [3.8, 4) is 0 Å². The van der Waals surface area contributed by atoms with Crippen molar-refractivity contribution in [2.75, 3.05) is 0 Å². The Bertz CT molecular complexity index is 113. The monoisotopic (exact) mass is 156 g/mol. The van der Waals surface area contributed by atoms with Gasteiger partial charge in [0.2, 0.25) is 0 Å². The van der Waals surface area contributed by atoms with Crippen LogP contribution in [0.1, 0.15) is 40.0 Å². The highest BCUT2D eigenvalue weighted by molar-refractivity contribution is 4.80. The van der Waals surface area contributed by atoms with Crippen LogP contribution in [0.3, 0.4) is 0 Å². The second-order valence-electron chi connectivity index (χ2n) is 3.89. The van der Waals surface area contributed by atoms with E-state index in [2.05, 4.69) is 25.7 Å². The molecule has 2 nitrogen and oxygen atoms in total. The molecule has 0 saturated carbocycles. The minimum atomic E-state index is 0.304. The Kier molecular flexibility index (Phi) is 2.90. The smallest absolute Gasteiger partial charge is 0.0576 e. The fraction of sp³-hybridized carbons (Fsp3) is 1.00. The molecule has 1 aliphatic heterocycles. The largest absolute Gasteiger partial charge is 0.316 e. The van der Waals surface area contributed by atoms with E-state index < -0.39 is 0 Å². The minimum absolute atomic E-state index is 0.304. The quantitative estimate of drug-likeness (QED) is 0.624.